The number of para-hydroxylation sites is 1. The monoisotopic (exact) mass is 1900 g/mol. The summed E-state index contributed by atoms with van der Waals surface area (Å²) in [5.41, 5.74) is 7.15. The number of fused-ring (bicyclic) bond motifs is 3. The van der Waals surface area contributed by atoms with Crippen molar-refractivity contribution in [3.8, 4) is 5.75 Å². The number of halogens is 3. The molecular weight excluding hydrogens is 1790 g/mol. The number of H-pyrrole nitrogens is 1. The number of unbranched alkanes of at least 4 members (excludes halogenated alkanes) is 1. The second-order valence-corrected chi connectivity index (χ2v) is 34.7. The average Bonchev–Trinajstić information content (AvgIpc) is 1.54. The fraction of sp³-hybridized carbons (Fsp3) is 0.467. The van der Waals surface area contributed by atoms with Gasteiger partial charge >= 0.3 is 11.9 Å². The van der Waals surface area contributed by atoms with Crippen molar-refractivity contribution in [3.05, 3.63) is 173 Å². The zero-order valence-electron chi connectivity index (χ0n) is 75.5. The first-order chi connectivity index (χ1) is 64.2. The predicted molar refractivity (Wildman–Crippen MR) is 481 cm³/mol. The van der Waals surface area contributed by atoms with Gasteiger partial charge < -0.3 is 113 Å². The SMILES string of the molecule is CCCC[C@H]1C(=O)N2CCOC[C@@H]2C(=O)N[C@@H](CC(=O)O)C(=O)N[C@@H](C(C)C)C(=O)N(C)[C@@H](Cc2ccccc2)C(=O)N[C@@H](CCC(=O)O)C(=O)N2C[C@H](O)C[C@@H]2C(=O)N[C@@H](Cc2c[nH]c3ccccc23)C(=O)N[C@@H](Cc2ccc(O)cc2)C(=O)N[C@@H](CCOC)C(=O)N[C@H](C(=O)NCC(N)=O)CSCC(=O)N[C@@H](Cc2cc(F)c(F)c(F)c2)C(=O)N(C)[C@@H](Cc2ccccc2)C(=O)N1C. The van der Waals surface area contributed by atoms with Crippen molar-refractivity contribution in [1.29, 1.82) is 0 Å². The Labute approximate surface area is 779 Å². The molecule has 0 saturated carbocycles. The number of hydrogen-bond acceptors (Lipinski definition) is 22. The summed E-state index contributed by atoms with van der Waals surface area (Å²) >= 11 is 0.628. The number of carbonyl (C=O) groups excluding carboxylic acids is 15. The molecule has 14 atom stereocenters. The molecule has 3 aliphatic rings. The minimum atomic E-state index is -2.05. The number of nitrogens with one attached hydrogen (secondary N) is 10. The van der Waals surface area contributed by atoms with Gasteiger partial charge in [-0.15, -0.1) is 11.8 Å². The number of nitrogens with zero attached hydrogens (tertiary/aromatic N) is 5. The molecule has 3 fully saturated rings. The van der Waals surface area contributed by atoms with Crippen LogP contribution in [0, 0.1) is 23.4 Å². The highest BCUT2D eigenvalue weighted by Crippen LogP contribution is 2.28. The number of nitrogens with two attached hydrogens (primary N) is 1. The van der Waals surface area contributed by atoms with E-state index in [9.17, 15) is 63.2 Å². The number of carboxylic acids is 2. The van der Waals surface area contributed by atoms with Crippen LogP contribution in [-0.4, -0.2) is 314 Å². The van der Waals surface area contributed by atoms with Crippen LogP contribution in [0.15, 0.2) is 128 Å². The summed E-state index contributed by atoms with van der Waals surface area (Å²) in [4.78, 5) is 258. The molecule has 15 amide bonds. The van der Waals surface area contributed by atoms with Crippen LogP contribution < -0.4 is 53.6 Å². The Hall–Kier alpha value is -13.6. The van der Waals surface area contributed by atoms with E-state index in [0.717, 1.165) is 31.5 Å². The zero-order chi connectivity index (χ0) is 98.6. The van der Waals surface area contributed by atoms with Crippen LogP contribution in [0.5, 0.6) is 5.75 Å². The Kier molecular flexibility index (Phi) is 38.9. The Balaban J connectivity index is 1.14. The first-order valence-electron chi connectivity index (χ1n) is 43.9. The third kappa shape index (κ3) is 29.5. The molecule has 39 nitrogen and oxygen atoms in total. The number of carbonyl (C=O) groups is 17. The fourth-order valence-corrected chi connectivity index (χ4v) is 16.9. The van der Waals surface area contributed by atoms with Gasteiger partial charge in [-0.1, -0.05) is 125 Å². The Morgan fingerprint density at radius 1 is 0.563 bits per heavy atom. The molecule has 0 radical (unpaired) electrons. The minimum absolute atomic E-state index is 0.108. The van der Waals surface area contributed by atoms with Gasteiger partial charge in [0.2, 0.25) is 88.6 Å². The van der Waals surface area contributed by atoms with Crippen molar-refractivity contribution in [1.82, 2.24) is 77.3 Å². The Bertz CT molecular complexity index is 5240. The first kappa shape index (κ1) is 105. The number of aliphatic hydroxyl groups excluding tert-OH is 1. The number of hydrogen-bond donors (Lipinski definition) is 15. The van der Waals surface area contributed by atoms with Crippen LogP contribution in [0.25, 0.3) is 10.9 Å². The number of methoxy groups -OCH3 is 1. The lowest BCUT2D eigenvalue weighted by molar-refractivity contribution is -0.158. The van der Waals surface area contributed by atoms with Crippen molar-refractivity contribution in [2.24, 2.45) is 11.7 Å². The molecule has 43 heteroatoms. The van der Waals surface area contributed by atoms with E-state index in [2.05, 4.69) is 52.8 Å². The van der Waals surface area contributed by atoms with E-state index >= 15 is 51.9 Å². The summed E-state index contributed by atoms with van der Waals surface area (Å²) < 4.78 is 56.2. The lowest BCUT2D eigenvalue weighted by Crippen LogP contribution is -2.64. The van der Waals surface area contributed by atoms with E-state index < -0.39 is 278 Å². The number of morpholine rings is 1. The number of aliphatic carboxylic acids is 2. The number of aromatic hydroxyl groups is 1. The maximum Gasteiger partial charge on any atom is 0.305 e. The molecule has 728 valence electrons. The van der Waals surface area contributed by atoms with Crippen LogP contribution in [0.4, 0.5) is 13.2 Å². The Morgan fingerprint density at radius 2 is 1.12 bits per heavy atom. The molecule has 0 unspecified atom stereocenters. The number of amides is 15. The Morgan fingerprint density at radius 3 is 1.74 bits per heavy atom. The second-order valence-electron chi connectivity index (χ2n) is 33.7. The topological polar surface area (TPSA) is 556 Å². The number of phenolic OH excluding ortho intramolecular Hbond substituents is 1. The lowest BCUT2D eigenvalue weighted by Gasteiger charge is -2.40. The van der Waals surface area contributed by atoms with Crippen LogP contribution in [0.3, 0.4) is 0 Å². The van der Waals surface area contributed by atoms with Gasteiger partial charge in [0, 0.05) is 116 Å². The molecular formula is C92H115F3N16O23S. The minimum Gasteiger partial charge on any atom is -0.508 e. The van der Waals surface area contributed by atoms with E-state index in [4.69, 9.17) is 15.2 Å². The molecule has 135 heavy (non-hydrogen) atoms. The molecule has 9 rings (SSSR count). The van der Waals surface area contributed by atoms with Gasteiger partial charge in [0.05, 0.1) is 38.0 Å². The van der Waals surface area contributed by atoms with Gasteiger partial charge in [-0.25, -0.2) is 13.2 Å². The van der Waals surface area contributed by atoms with Crippen LogP contribution in [0.1, 0.15) is 100.0 Å². The summed E-state index contributed by atoms with van der Waals surface area (Å²) in [6.07, 6.45) is -5.22. The molecule has 3 saturated heterocycles. The molecule has 0 bridgehead atoms. The van der Waals surface area contributed by atoms with Crippen LogP contribution in [-0.2, 0) is 123 Å². The molecule has 6 aromatic rings. The van der Waals surface area contributed by atoms with Gasteiger partial charge in [-0.2, -0.15) is 0 Å². The van der Waals surface area contributed by atoms with Crippen LogP contribution in [0.2, 0.25) is 0 Å². The van der Waals surface area contributed by atoms with E-state index in [-0.39, 0.29) is 75.2 Å². The van der Waals surface area contributed by atoms with Crippen molar-refractivity contribution in [2.75, 3.05) is 79.2 Å². The van der Waals surface area contributed by atoms with Gasteiger partial charge in [0.1, 0.15) is 84.3 Å². The van der Waals surface area contributed by atoms with E-state index in [1.54, 1.807) is 98.0 Å². The number of ether oxygens (including phenoxy) is 2. The van der Waals surface area contributed by atoms with E-state index in [1.165, 1.54) is 59.3 Å². The second kappa shape index (κ2) is 50.0. The van der Waals surface area contributed by atoms with Crippen molar-refractivity contribution in [3.63, 3.8) is 0 Å². The van der Waals surface area contributed by atoms with Crippen molar-refractivity contribution in [2.45, 2.75) is 189 Å². The fourth-order valence-electron chi connectivity index (χ4n) is 16.0. The number of likely N-dealkylation sites (N-methyl/N-ethyl adjacent to an activating group) is 3. The first-order valence-corrected chi connectivity index (χ1v) is 45.1. The van der Waals surface area contributed by atoms with Gasteiger partial charge in [0.25, 0.3) is 0 Å². The number of aromatic amines is 1. The standard InChI is InChI=1S/C92H115F3N16O23S/c1-8-9-24-69-91(131)110-32-34-134-47-73(110)87(127)104-66(43-77(118)119)84(124)106-79(50(2)3)92(132)108(5)70(39-51-18-12-10-13-19-51)85(125)101-63(29-30-76(116)117)89(129)111-46-57(113)42-71(111)86(126)103-65(41-55-44-97-61-23-17-16-22-58(55)61)83(123)102-64(37-53-25-27-56(112)28-26-53)82(122)100-62(31-33-133-7)81(121)105-68(80(120)98-45-74(96)114)48-135-49-75(115)99-67(38-54-35-59(93)78(95)60(94)36-54)88(128)109(6)72(90(130)107(69)4)40-52-20-14-11-15-21-52/h10-23,25-28,35-36,44,50,57,62-73,79,97,112-113H,8-9,24,29-34,37-43,45-49H2,1-7H3,(H2,96,114)(H,98,120)(H,99,115)(H,100,122)(H,101,125)(H,102,123)(H,103,126)(H,104,127)(H,105,121)(H,106,124)(H,116,117)(H,118,119)/t57-,62+,63+,64+,65+,66+,67+,68+,69+,70+,71-,72+,73-,79+/m1/s1. The zero-order valence-corrected chi connectivity index (χ0v) is 76.4. The summed E-state index contributed by atoms with van der Waals surface area (Å²) in [6.45, 7) is 1.92. The number of aliphatic hydroxyl groups is 1. The smallest absolute Gasteiger partial charge is 0.305 e. The molecule has 4 heterocycles. The maximum absolute atomic E-state index is 15.7. The number of rotatable bonds is 25. The summed E-state index contributed by atoms with van der Waals surface area (Å²) in [5.74, 6) is -27.0. The van der Waals surface area contributed by atoms with Crippen LogP contribution >= 0.6 is 11.8 Å². The highest BCUT2D eigenvalue weighted by Gasteiger charge is 2.47. The van der Waals surface area contributed by atoms with Gasteiger partial charge in [-0.3, -0.25) is 81.5 Å². The third-order valence-electron chi connectivity index (χ3n) is 23.5. The normalized spacial score (nSPS) is 24.0. The quantitative estimate of drug-likeness (QED) is 0.0333. The summed E-state index contributed by atoms with van der Waals surface area (Å²) in [5, 5.41) is 65.8. The highest BCUT2D eigenvalue weighted by atomic mass is 32.2. The summed E-state index contributed by atoms with van der Waals surface area (Å²) in [7, 11) is 4.85. The van der Waals surface area contributed by atoms with Gasteiger partial charge in [0.15, 0.2) is 17.5 Å². The van der Waals surface area contributed by atoms with Gasteiger partial charge in [-0.05, 0) is 83.3 Å². The lowest BCUT2D eigenvalue weighted by atomic mass is 9.98. The molecule has 0 spiro atoms. The van der Waals surface area contributed by atoms with Crippen molar-refractivity contribution < 1.29 is 125 Å². The molecule has 1 aromatic heterocycles. The number of phenols is 1. The number of benzene rings is 5. The number of aromatic nitrogens is 1. The highest BCUT2D eigenvalue weighted by molar-refractivity contribution is 8.00. The number of thioether (sulfide) groups is 1. The number of primary amides is 1. The van der Waals surface area contributed by atoms with Crippen molar-refractivity contribution >= 4 is 123 Å². The number of carboxylic acid groups (broad SMARTS) is 2. The van der Waals surface area contributed by atoms with E-state index in [0.29, 0.717) is 57.9 Å². The molecule has 5 aromatic carbocycles. The molecule has 3 aliphatic heterocycles. The average molecular weight is 1900 g/mol. The predicted octanol–water partition coefficient (Wildman–Crippen LogP) is -0.0768. The largest absolute Gasteiger partial charge is 0.508 e. The third-order valence-corrected chi connectivity index (χ3v) is 24.5. The summed E-state index contributed by atoms with van der Waals surface area (Å²) in [6, 6.07) is 6.79. The van der Waals surface area contributed by atoms with E-state index in [1.807, 2.05) is 0 Å². The maximum atomic E-state index is 15.7. The molecule has 0 aliphatic carbocycles. The molecule has 16 N–H and O–H groups in total.